The van der Waals surface area contributed by atoms with Gasteiger partial charge in [0.2, 0.25) is 11.8 Å². The van der Waals surface area contributed by atoms with Gasteiger partial charge in [0.25, 0.3) is 5.56 Å². The topological polar surface area (TPSA) is 93.1 Å². The predicted molar refractivity (Wildman–Crippen MR) is 153 cm³/mol. The number of carbonyl (C=O) groups excluding carboxylic acids is 2. The van der Waals surface area contributed by atoms with Crippen molar-refractivity contribution in [3.8, 4) is 11.3 Å². The van der Waals surface area contributed by atoms with Crippen molar-refractivity contribution in [3.05, 3.63) is 70.0 Å². The molecule has 7 nitrogen and oxygen atoms in total. The maximum absolute atomic E-state index is 14.1. The van der Waals surface area contributed by atoms with E-state index in [1.807, 2.05) is 6.07 Å². The molecular formula is C30H34N4O3S. The minimum absolute atomic E-state index is 0.0599. The highest BCUT2D eigenvalue weighted by Crippen LogP contribution is 2.48. The molecular weight excluding hydrogens is 496 g/mol. The number of hydrogen-bond acceptors (Lipinski definition) is 5. The number of hydrogen-bond donors (Lipinski definition) is 2. The van der Waals surface area contributed by atoms with Gasteiger partial charge in [-0.15, -0.1) is 0 Å². The lowest BCUT2D eigenvalue weighted by atomic mass is 9.62. The first-order valence-electron chi connectivity index (χ1n) is 13.4. The van der Waals surface area contributed by atoms with Crippen molar-refractivity contribution in [2.75, 3.05) is 16.4 Å². The highest BCUT2D eigenvalue weighted by atomic mass is 32.2. The van der Waals surface area contributed by atoms with Crippen molar-refractivity contribution in [3.63, 3.8) is 0 Å². The van der Waals surface area contributed by atoms with Crippen LogP contribution in [0.5, 0.6) is 0 Å². The maximum Gasteiger partial charge on any atom is 0.258 e. The molecule has 0 aliphatic heterocycles. The number of fused-ring (bicyclic) bond motifs is 4. The molecule has 0 unspecified atom stereocenters. The van der Waals surface area contributed by atoms with Crippen molar-refractivity contribution in [2.45, 2.75) is 75.9 Å². The van der Waals surface area contributed by atoms with Crippen LogP contribution in [0.2, 0.25) is 0 Å². The van der Waals surface area contributed by atoms with E-state index >= 15 is 0 Å². The zero-order valence-electron chi connectivity index (χ0n) is 22.0. The van der Waals surface area contributed by atoms with Crippen LogP contribution in [0, 0.1) is 0 Å². The summed E-state index contributed by atoms with van der Waals surface area (Å²) in [6.45, 7) is 4.09. The molecule has 2 aromatic carbocycles. The minimum atomic E-state index is -0.179. The molecule has 0 saturated heterocycles. The Kier molecular flexibility index (Phi) is 7.70. The Bertz CT molecular complexity index is 1410. The van der Waals surface area contributed by atoms with Crippen LogP contribution >= 0.6 is 11.8 Å². The van der Waals surface area contributed by atoms with E-state index in [4.69, 9.17) is 4.98 Å². The molecule has 1 heterocycles. The van der Waals surface area contributed by atoms with Gasteiger partial charge < -0.3 is 10.6 Å². The van der Waals surface area contributed by atoms with E-state index in [-0.39, 0.29) is 28.5 Å². The molecule has 1 fully saturated rings. The van der Waals surface area contributed by atoms with Crippen LogP contribution in [-0.4, -0.2) is 27.1 Å². The molecule has 0 bridgehead atoms. The summed E-state index contributed by atoms with van der Waals surface area (Å²) < 4.78 is 1.79. The van der Waals surface area contributed by atoms with Crippen molar-refractivity contribution in [1.29, 1.82) is 0 Å². The fourth-order valence-electron chi connectivity index (χ4n) is 5.92. The Morgan fingerprint density at radius 3 is 2.37 bits per heavy atom. The Hall–Kier alpha value is -3.39. The predicted octanol–water partition coefficient (Wildman–Crippen LogP) is 5.77. The number of carbonyl (C=O) groups is 2. The molecule has 2 N–H and O–H groups in total. The zero-order valence-corrected chi connectivity index (χ0v) is 22.8. The first-order chi connectivity index (χ1) is 18.4. The highest BCUT2D eigenvalue weighted by Gasteiger charge is 2.43. The van der Waals surface area contributed by atoms with Gasteiger partial charge in [0, 0.05) is 35.8 Å². The molecule has 8 heteroatoms. The number of rotatable bonds is 7. The van der Waals surface area contributed by atoms with Gasteiger partial charge in [0.1, 0.15) is 0 Å². The van der Waals surface area contributed by atoms with Crippen LogP contribution in [0.3, 0.4) is 0 Å². The summed E-state index contributed by atoms with van der Waals surface area (Å²) in [5.41, 5.74) is 5.23. The number of benzene rings is 2. The van der Waals surface area contributed by atoms with Crippen molar-refractivity contribution < 1.29 is 9.59 Å². The number of nitrogens with zero attached hydrogens (tertiary/aromatic N) is 2. The number of anilines is 2. The van der Waals surface area contributed by atoms with E-state index in [0.717, 1.165) is 55.3 Å². The van der Waals surface area contributed by atoms with Crippen LogP contribution in [0.1, 0.15) is 63.5 Å². The van der Waals surface area contributed by atoms with Crippen molar-refractivity contribution in [2.24, 2.45) is 0 Å². The Morgan fingerprint density at radius 1 is 1.00 bits per heavy atom. The van der Waals surface area contributed by atoms with E-state index in [0.29, 0.717) is 23.1 Å². The van der Waals surface area contributed by atoms with E-state index in [9.17, 15) is 14.4 Å². The molecule has 3 aromatic rings. The van der Waals surface area contributed by atoms with Gasteiger partial charge in [-0.1, -0.05) is 62.2 Å². The summed E-state index contributed by atoms with van der Waals surface area (Å²) in [5.74, 6) is -0.192. The van der Waals surface area contributed by atoms with Gasteiger partial charge in [0.15, 0.2) is 5.16 Å². The summed E-state index contributed by atoms with van der Waals surface area (Å²) in [6.07, 6.45) is 7.24. The van der Waals surface area contributed by atoms with Crippen LogP contribution in [0.4, 0.5) is 11.4 Å². The molecule has 0 radical (unpaired) electrons. The molecule has 2 aliphatic rings. The van der Waals surface area contributed by atoms with Crippen LogP contribution in [0.25, 0.3) is 11.3 Å². The minimum Gasteiger partial charge on any atom is -0.326 e. The zero-order chi connectivity index (χ0) is 26.7. The van der Waals surface area contributed by atoms with Gasteiger partial charge in [-0.3, -0.25) is 19.0 Å². The second-order valence-corrected chi connectivity index (χ2v) is 11.3. The Balaban J connectivity index is 1.44. The third kappa shape index (κ3) is 5.27. The molecule has 1 saturated carbocycles. The van der Waals surface area contributed by atoms with Crippen LogP contribution < -0.4 is 16.2 Å². The second-order valence-electron chi connectivity index (χ2n) is 10.3. The normalized spacial score (nSPS) is 15.4. The quantitative estimate of drug-likeness (QED) is 0.299. The lowest BCUT2D eigenvalue weighted by Crippen LogP contribution is -2.43. The summed E-state index contributed by atoms with van der Waals surface area (Å²) in [7, 11) is 0. The lowest BCUT2D eigenvalue weighted by Gasteiger charge is -2.42. The summed E-state index contributed by atoms with van der Waals surface area (Å²) in [4.78, 5) is 43.3. The largest absolute Gasteiger partial charge is 0.326 e. The average Bonchev–Trinajstić information content (AvgIpc) is 2.90. The Labute approximate surface area is 227 Å². The summed E-state index contributed by atoms with van der Waals surface area (Å²) in [6, 6.07) is 15.3. The Morgan fingerprint density at radius 2 is 1.68 bits per heavy atom. The molecule has 0 atom stereocenters. The SMILES string of the molecule is CCCn1c(SCC(=O)Nc2ccc(NC(C)=O)cc2)nc2c(c1=O)C1(CCCCC1)Cc1ccccc1-2. The first-order valence-corrected chi connectivity index (χ1v) is 14.4. The lowest BCUT2D eigenvalue weighted by molar-refractivity contribution is -0.114. The van der Waals surface area contributed by atoms with Gasteiger partial charge in [-0.2, -0.15) is 0 Å². The average molecular weight is 531 g/mol. The third-order valence-corrected chi connectivity index (χ3v) is 8.52. The fourth-order valence-corrected chi connectivity index (χ4v) is 6.74. The molecule has 1 aromatic heterocycles. The number of aromatic nitrogens is 2. The van der Waals surface area contributed by atoms with Crippen molar-refractivity contribution in [1.82, 2.24) is 9.55 Å². The summed E-state index contributed by atoms with van der Waals surface area (Å²) in [5, 5.41) is 6.20. The maximum atomic E-state index is 14.1. The van der Waals surface area contributed by atoms with Crippen LogP contribution in [0.15, 0.2) is 58.5 Å². The van der Waals surface area contributed by atoms with Gasteiger partial charge in [-0.05, 0) is 55.5 Å². The van der Waals surface area contributed by atoms with Crippen LogP contribution in [-0.2, 0) is 28.0 Å². The van der Waals surface area contributed by atoms with Crippen molar-refractivity contribution >= 4 is 35.0 Å². The standard InChI is InChI=1S/C30H34N4O3S/c1-3-17-34-28(37)26-27(24-10-6-5-9-21(24)18-30(26)15-7-4-8-16-30)33-29(34)38-19-25(36)32-23-13-11-22(12-14-23)31-20(2)35/h5-6,9-14H,3-4,7-8,15-19H2,1-2H3,(H,31,35)(H,32,36). The number of amides is 2. The molecule has 1 spiro atoms. The molecule has 2 aliphatic carbocycles. The molecule has 38 heavy (non-hydrogen) atoms. The van der Waals surface area contributed by atoms with E-state index in [1.54, 1.807) is 28.8 Å². The number of thioether (sulfide) groups is 1. The third-order valence-electron chi connectivity index (χ3n) is 7.55. The highest BCUT2D eigenvalue weighted by molar-refractivity contribution is 7.99. The van der Waals surface area contributed by atoms with E-state index in [1.165, 1.54) is 30.7 Å². The summed E-state index contributed by atoms with van der Waals surface area (Å²) >= 11 is 1.31. The smallest absolute Gasteiger partial charge is 0.258 e. The molecule has 5 rings (SSSR count). The number of nitrogens with one attached hydrogen (secondary N) is 2. The van der Waals surface area contributed by atoms with Gasteiger partial charge >= 0.3 is 0 Å². The van der Waals surface area contributed by atoms with Gasteiger partial charge in [0.05, 0.1) is 17.0 Å². The molecule has 198 valence electrons. The molecule has 2 amide bonds. The van der Waals surface area contributed by atoms with E-state index < -0.39 is 0 Å². The monoisotopic (exact) mass is 530 g/mol. The van der Waals surface area contributed by atoms with E-state index in [2.05, 4.69) is 35.8 Å². The fraction of sp³-hybridized carbons (Fsp3) is 0.400. The first kappa shape index (κ1) is 26.2. The second kappa shape index (κ2) is 11.2. The van der Waals surface area contributed by atoms with Gasteiger partial charge in [-0.25, -0.2) is 4.98 Å².